The molecular weight excluding hydrogens is 336 g/mol. The average Bonchev–Trinajstić information content (AvgIpc) is 2.64. The molecule has 0 fully saturated rings. The maximum absolute atomic E-state index is 12.1. The second-order valence-electron chi connectivity index (χ2n) is 5.97. The number of aliphatic hydroxyl groups is 1. The molecule has 0 saturated heterocycles. The normalized spacial score (nSPS) is 11.3. The summed E-state index contributed by atoms with van der Waals surface area (Å²) in [4.78, 5) is 24.0. The van der Waals surface area contributed by atoms with Crippen LogP contribution in [0.1, 0.15) is 54.9 Å². The van der Waals surface area contributed by atoms with E-state index in [1.165, 1.54) is 24.6 Å². The number of aromatic hydroxyl groups is 1. The van der Waals surface area contributed by atoms with E-state index in [0.29, 0.717) is 0 Å². The lowest BCUT2D eigenvalue weighted by atomic mass is 10.1. The molecule has 0 unspecified atom stereocenters. The lowest BCUT2D eigenvalue weighted by Gasteiger charge is -2.06. The van der Waals surface area contributed by atoms with Gasteiger partial charge in [0.15, 0.2) is 0 Å². The van der Waals surface area contributed by atoms with Gasteiger partial charge in [0, 0.05) is 0 Å². The van der Waals surface area contributed by atoms with Crippen molar-refractivity contribution in [1.29, 1.82) is 0 Å². The molecule has 1 aromatic carbocycles. The summed E-state index contributed by atoms with van der Waals surface area (Å²) in [5.74, 6) is -0.850. The van der Waals surface area contributed by atoms with E-state index in [2.05, 4.69) is 6.92 Å². The van der Waals surface area contributed by atoms with Crippen LogP contribution in [0.25, 0.3) is 17.0 Å². The van der Waals surface area contributed by atoms with Crippen LogP contribution >= 0.6 is 0 Å². The number of carbonyl (C=O) groups excluding carboxylic acids is 1. The minimum atomic E-state index is -0.629. The fourth-order valence-corrected chi connectivity index (χ4v) is 2.59. The van der Waals surface area contributed by atoms with Gasteiger partial charge in [-0.3, -0.25) is 0 Å². The summed E-state index contributed by atoms with van der Waals surface area (Å²) in [6.07, 6.45) is 8.68. The number of esters is 1. The van der Waals surface area contributed by atoms with Crippen molar-refractivity contribution in [2.75, 3.05) is 13.2 Å². The van der Waals surface area contributed by atoms with Crippen molar-refractivity contribution < 1.29 is 24.2 Å². The van der Waals surface area contributed by atoms with E-state index in [1.54, 1.807) is 6.08 Å². The number of rotatable bonds is 9. The zero-order valence-corrected chi connectivity index (χ0v) is 14.9. The summed E-state index contributed by atoms with van der Waals surface area (Å²) < 4.78 is 10.1. The third kappa shape index (κ3) is 4.95. The molecular formula is C20H24O6. The average molecular weight is 360 g/mol. The van der Waals surface area contributed by atoms with Crippen LogP contribution in [0.2, 0.25) is 0 Å². The predicted molar refractivity (Wildman–Crippen MR) is 99.3 cm³/mol. The number of unbranched alkanes of at least 4 members (excludes halogenated alkanes) is 4. The zero-order valence-electron chi connectivity index (χ0n) is 14.9. The van der Waals surface area contributed by atoms with Crippen LogP contribution in [-0.2, 0) is 4.74 Å². The number of aliphatic hydroxyl groups excluding tert-OH is 1. The third-order valence-corrected chi connectivity index (χ3v) is 3.98. The molecule has 0 aliphatic carbocycles. The summed E-state index contributed by atoms with van der Waals surface area (Å²) in [7, 11) is 0. The first-order chi connectivity index (χ1) is 12.6. The molecule has 0 spiro atoms. The Morgan fingerprint density at radius 2 is 2.08 bits per heavy atom. The van der Waals surface area contributed by atoms with Gasteiger partial charge >= 0.3 is 11.6 Å². The smallest absolute Gasteiger partial charge is 0.347 e. The molecule has 2 rings (SSSR count). The van der Waals surface area contributed by atoms with Gasteiger partial charge in [0.05, 0.1) is 17.6 Å². The van der Waals surface area contributed by atoms with E-state index < -0.39 is 11.6 Å². The van der Waals surface area contributed by atoms with E-state index >= 15 is 0 Å². The van der Waals surface area contributed by atoms with Crippen LogP contribution in [0.3, 0.4) is 0 Å². The fourth-order valence-electron chi connectivity index (χ4n) is 2.59. The van der Waals surface area contributed by atoms with Gasteiger partial charge in [-0.15, -0.1) is 0 Å². The van der Waals surface area contributed by atoms with Gasteiger partial charge in [0.25, 0.3) is 0 Å². The van der Waals surface area contributed by atoms with Crippen molar-refractivity contribution in [2.45, 2.75) is 39.0 Å². The van der Waals surface area contributed by atoms with Crippen molar-refractivity contribution in [3.63, 3.8) is 0 Å². The van der Waals surface area contributed by atoms with E-state index in [4.69, 9.17) is 14.3 Å². The molecule has 0 radical (unpaired) electrons. The molecule has 6 heteroatoms. The summed E-state index contributed by atoms with van der Waals surface area (Å²) in [6.45, 7) is 1.76. The number of hydrogen-bond acceptors (Lipinski definition) is 6. The quantitative estimate of drug-likeness (QED) is 0.403. The van der Waals surface area contributed by atoms with E-state index in [1.807, 2.05) is 6.08 Å². The Balaban J connectivity index is 2.26. The number of hydrogen-bond donors (Lipinski definition) is 2. The standard InChI is InChI=1S/C20H24O6/c1-2-3-4-5-6-7-8-15-18(22)16-13-14(19(23)25-12-11-21)9-10-17(16)26-20(15)24/h7-10,13,21-22H,2-6,11-12H2,1H3. The van der Waals surface area contributed by atoms with Gasteiger partial charge in [-0.25, -0.2) is 9.59 Å². The van der Waals surface area contributed by atoms with Crippen molar-refractivity contribution in [3.05, 3.63) is 45.8 Å². The van der Waals surface area contributed by atoms with Crippen LogP contribution in [0.5, 0.6) is 5.75 Å². The molecule has 0 aliphatic heterocycles. The Kier molecular flexibility index (Phi) is 7.41. The molecule has 140 valence electrons. The molecule has 1 heterocycles. The van der Waals surface area contributed by atoms with Crippen molar-refractivity contribution in [3.8, 4) is 5.75 Å². The minimum Gasteiger partial charge on any atom is -0.506 e. The molecule has 0 aliphatic rings. The highest BCUT2D eigenvalue weighted by atomic mass is 16.5. The van der Waals surface area contributed by atoms with Crippen LogP contribution in [0, 0.1) is 0 Å². The topological polar surface area (TPSA) is 97.0 Å². The second kappa shape index (κ2) is 9.77. The van der Waals surface area contributed by atoms with Gasteiger partial charge in [0.1, 0.15) is 23.5 Å². The first-order valence-corrected chi connectivity index (χ1v) is 8.82. The summed E-state index contributed by atoms with van der Waals surface area (Å²) in [5.41, 5.74) is -0.180. The molecule has 2 aromatic rings. The van der Waals surface area contributed by atoms with E-state index in [-0.39, 0.29) is 41.1 Å². The van der Waals surface area contributed by atoms with Crippen molar-refractivity contribution >= 4 is 23.0 Å². The first-order valence-electron chi connectivity index (χ1n) is 8.82. The summed E-state index contributed by atoms with van der Waals surface area (Å²) in [6, 6.07) is 4.28. The molecule has 0 atom stereocenters. The molecule has 0 saturated carbocycles. The maximum atomic E-state index is 12.1. The van der Waals surface area contributed by atoms with Gasteiger partial charge in [-0.1, -0.05) is 32.3 Å². The van der Waals surface area contributed by atoms with Crippen molar-refractivity contribution in [2.24, 2.45) is 0 Å². The highest BCUT2D eigenvalue weighted by molar-refractivity contribution is 5.96. The number of benzene rings is 1. The summed E-state index contributed by atoms with van der Waals surface area (Å²) >= 11 is 0. The Hall–Kier alpha value is -2.60. The lowest BCUT2D eigenvalue weighted by molar-refractivity contribution is 0.0434. The highest BCUT2D eigenvalue weighted by Gasteiger charge is 2.15. The van der Waals surface area contributed by atoms with Crippen molar-refractivity contribution in [1.82, 2.24) is 0 Å². The molecule has 1 aromatic heterocycles. The fraction of sp³-hybridized carbons (Fsp3) is 0.400. The summed E-state index contributed by atoms with van der Waals surface area (Å²) in [5, 5.41) is 19.4. The largest absolute Gasteiger partial charge is 0.506 e. The molecule has 2 N–H and O–H groups in total. The maximum Gasteiger partial charge on any atom is 0.347 e. The molecule has 0 bridgehead atoms. The molecule has 0 amide bonds. The Morgan fingerprint density at radius 1 is 1.27 bits per heavy atom. The van der Waals surface area contributed by atoms with Crippen LogP contribution in [0.4, 0.5) is 0 Å². The van der Waals surface area contributed by atoms with E-state index in [9.17, 15) is 14.7 Å². The number of carbonyl (C=O) groups is 1. The van der Waals surface area contributed by atoms with Crippen LogP contribution < -0.4 is 5.63 Å². The minimum absolute atomic E-state index is 0.0638. The Bertz CT molecular complexity index is 834. The molecule has 6 nitrogen and oxygen atoms in total. The van der Waals surface area contributed by atoms with Crippen LogP contribution in [-0.4, -0.2) is 29.4 Å². The lowest BCUT2D eigenvalue weighted by Crippen LogP contribution is -2.09. The third-order valence-electron chi connectivity index (χ3n) is 3.98. The Labute approximate surface area is 151 Å². The Morgan fingerprint density at radius 3 is 2.81 bits per heavy atom. The van der Waals surface area contributed by atoms with Gasteiger partial charge in [0.2, 0.25) is 0 Å². The monoisotopic (exact) mass is 360 g/mol. The van der Waals surface area contributed by atoms with Gasteiger partial charge < -0.3 is 19.4 Å². The highest BCUT2D eigenvalue weighted by Crippen LogP contribution is 2.28. The van der Waals surface area contributed by atoms with E-state index in [0.717, 1.165) is 25.7 Å². The van der Waals surface area contributed by atoms with Crippen LogP contribution in [0.15, 0.2) is 33.5 Å². The first kappa shape index (κ1) is 19.7. The number of fused-ring (bicyclic) bond motifs is 1. The SMILES string of the molecule is CCCCCCC=Cc1c(O)c2cc(C(=O)OCCO)ccc2oc1=O. The number of allylic oxidation sites excluding steroid dienone is 1. The predicted octanol–water partition coefficient (Wildman–Crippen LogP) is 3.63. The second-order valence-corrected chi connectivity index (χ2v) is 5.97. The van der Waals surface area contributed by atoms with Gasteiger partial charge in [-0.2, -0.15) is 0 Å². The van der Waals surface area contributed by atoms with Gasteiger partial charge in [-0.05, 0) is 37.1 Å². The number of ether oxygens (including phenoxy) is 1. The zero-order chi connectivity index (χ0) is 18.9. The molecule has 26 heavy (non-hydrogen) atoms.